The minimum Gasteiger partial charge on any atom is -0.306 e. The summed E-state index contributed by atoms with van der Waals surface area (Å²) in [5.41, 5.74) is 0.699. The van der Waals surface area contributed by atoms with Gasteiger partial charge in [0.1, 0.15) is 11.6 Å². The monoisotopic (exact) mass is 265 g/mol. The van der Waals surface area contributed by atoms with Crippen molar-refractivity contribution >= 4 is 23.3 Å². The van der Waals surface area contributed by atoms with Crippen LogP contribution in [0, 0.1) is 12.7 Å². The summed E-state index contributed by atoms with van der Waals surface area (Å²) in [6.07, 6.45) is 1.40. The molecule has 1 amide bonds. The zero-order valence-electron chi connectivity index (χ0n) is 9.45. The number of nitrogens with one attached hydrogen (secondary N) is 1. The molecular formula is C12H9ClFN3O. The van der Waals surface area contributed by atoms with E-state index >= 15 is 0 Å². The van der Waals surface area contributed by atoms with Gasteiger partial charge >= 0.3 is 0 Å². The lowest BCUT2D eigenvalue weighted by molar-refractivity contribution is 0.102. The summed E-state index contributed by atoms with van der Waals surface area (Å²) in [5, 5.41) is 2.46. The Kier molecular flexibility index (Phi) is 3.53. The second-order valence-electron chi connectivity index (χ2n) is 3.65. The molecule has 0 unspecified atom stereocenters. The van der Waals surface area contributed by atoms with Crippen LogP contribution in [-0.4, -0.2) is 15.9 Å². The van der Waals surface area contributed by atoms with Crippen LogP contribution in [0.25, 0.3) is 0 Å². The van der Waals surface area contributed by atoms with Gasteiger partial charge in [-0.05, 0) is 42.3 Å². The molecule has 0 bridgehead atoms. The molecule has 1 N–H and O–H groups in total. The van der Waals surface area contributed by atoms with E-state index in [1.54, 1.807) is 13.0 Å². The van der Waals surface area contributed by atoms with Crippen LogP contribution >= 0.6 is 11.6 Å². The molecule has 0 radical (unpaired) electrons. The minimum atomic E-state index is -0.581. The molecule has 0 aliphatic rings. The second-order valence-corrected chi connectivity index (χ2v) is 3.99. The third kappa shape index (κ3) is 2.81. The molecule has 18 heavy (non-hydrogen) atoms. The highest BCUT2D eigenvalue weighted by atomic mass is 35.5. The van der Waals surface area contributed by atoms with E-state index in [1.807, 2.05) is 0 Å². The number of carbonyl (C=O) groups excluding carboxylic acids is 1. The van der Waals surface area contributed by atoms with Crippen molar-refractivity contribution in [2.24, 2.45) is 0 Å². The number of benzene rings is 1. The highest BCUT2D eigenvalue weighted by Crippen LogP contribution is 2.13. The van der Waals surface area contributed by atoms with Crippen molar-refractivity contribution in [3.8, 4) is 0 Å². The van der Waals surface area contributed by atoms with E-state index in [1.165, 1.54) is 24.4 Å². The Morgan fingerprint density at radius 3 is 2.83 bits per heavy atom. The Labute approximate surface area is 108 Å². The van der Waals surface area contributed by atoms with Crippen LogP contribution in [0.3, 0.4) is 0 Å². The molecule has 4 nitrogen and oxygen atoms in total. The summed E-state index contributed by atoms with van der Waals surface area (Å²) in [6.45, 7) is 1.74. The zero-order chi connectivity index (χ0) is 13.1. The van der Waals surface area contributed by atoms with Crippen molar-refractivity contribution in [1.82, 2.24) is 9.97 Å². The lowest BCUT2D eigenvalue weighted by Gasteiger charge is -2.05. The predicted octanol–water partition coefficient (Wildman–Crippen LogP) is 2.83. The molecule has 0 saturated carbocycles. The van der Waals surface area contributed by atoms with Gasteiger partial charge in [0.15, 0.2) is 0 Å². The van der Waals surface area contributed by atoms with Crippen LogP contribution in [0.4, 0.5) is 10.2 Å². The normalized spacial score (nSPS) is 10.2. The minimum absolute atomic E-state index is 0.0113. The first-order valence-corrected chi connectivity index (χ1v) is 5.50. The van der Waals surface area contributed by atoms with Crippen LogP contribution in [0.5, 0.6) is 0 Å². The summed E-state index contributed by atoms with van der Waals surface area (Å²) in [7, 11) is 0. The zero-order valence-corrected chi connectivity index (χ0v) is 10.2. The van der Waals surface area contributed by atoms with Gasteiger partial charge in [-0.3, -0.25) is 4.79 Å². The van der Waals surface area contributed by atoms with E-state index in [0.29, 0.717) is 0 Å². The molecular weight excluding hydrogens is 257 g/mol. The number of nitrogens with zero attached hydrogens (tertiary/aromatic N) is 2. The Morgan fingerprint density at radius 1 is 1.39 bits per heavy atom. The molecule has 0 fully saturated rings. The van der Waals surface area contributed by atoms with Gasteiger partial charge in [-0.25, -0.2) is 14.4 Å². The van der Waals surface area contributed by atoms with Gasteiger partial charge in [0, 0.05) is 6.20 Å². The molecule has 2 aromatic rings. The first-order valence-electron chi connectivity index (χ1n) is 5.12. The maximum Gasteiger partial charge on any atom is 0.259 e. The van der Waals surface area contributed by atoms with Gasteiger partial charge in [-0.2, -0.15) is 0 Å². The Morgan fingerprint density at radius 2 is 2.17 bits per heavy atom. The highest BCUT2D eigenvalue weighted by Gasteiger charge is 2.12. The fraction of sp³-hybridized carbons (Fsp3) is 0.0833. The summed E-state index contributed by atoms with van der Waals surface area (Å²) in [6, 6.07) is 5.84. The summed E-state index contributed by atoms with van der Waals surface area (Å²) < 4.78 is 13.6. The van der Waals surface area contributed by atoms with Gasteiger partial charge in [0.25, 0.3) is 5.91 Å². The van der Waals surface area contributed by atoms with Crippen molar-refractivity contribution in [2.75, 3.05) is 5.32 Å². The molecule has 1 aromatic carbocycles. The number of hydrogen-bond acceptors (Lipinski definition) is 3. The van der Waals surface area contributed by atoms with Crippen LogP contribution in [-0.2, 0) is 0 Å². The molecule has 92 valence electrons. The van der Waals surface area contributed by atoms with E-state index in [9.17, 15) is 9.18 Å². The van der Waals surface area contributed by atoms with E-state index < -0.39 is 11.7 Å². The number of hydrogen-bond donors (Lipinski definition) is 1. The first-order chi connectivity index (χ1) is 8.56. The van der Waals surface area contributed by atoms with Gasteiger partial charge in [-0.1, -0.05) is 6.07 Å². The molecule has 0 spiro atoms. The predicted molar refractivity (Wildman–Crippen MR) is 66.1 cm³/mol. The molecule has 0 saturated heterocycles. The van der Waals surface area contributed by atoms with Crippen LogP contribution < -0.4 is 5.32 Å². The number of rotatable bonds is 2. The summed E-state index contributed by atoms with van der Waals surface area (Å²) in [4.78, 5) is 19.3. The third-order valence-corrected chi connectivity index (χ3v) is 2.42. The molecule has 0 aliphatic heterocycles. The lowest BCUT2D eigenvalue weighted by Crippen LogP contribution is -2.14. The number of halogens is 2. The second kappa shape index (κ2) is 5.10. The van der Waals surface area contributed by atoms with Gasteiger partial charge in [0.2, 0.25) is 5.28 Å². The molecule has 2 rings (SSSR count). The molecule has 1 aromatic heterocycles. The molecule has 0 atom stereocenters. The maximum atomic E-state index is 13.6. The molecule has 6 heteroatoms. The van der Waals surface area contributed by atoms with Crippen LogP contribution in [0.1, 0.15) is 15.9 Å². The number of aryl methyl sites for hydroxylation is 1. The summed E-state index contributed by atoms with van der Waals surface area (Å²) >= 11 is 5.58. The Hall–Kier alpha value is -2.01. The fourth-order valence-corrected chi connectivity index (χ4v) is 1.54. The fourth-order valence-electron chi connectivity index (χ4n) is 1.39. The topological polar surface area (TPSA) is 54.9 Å². The van der Waals surface area contributed by atoms with E-state index in [0.717, 1.165) is 5.56 Å². The van der Waals surface area contributed by atoms with Gasteiger partial charge < -0.3 is 5.32 Å². The number of carbonyl (C=O) groups is 1. The number of amides is 1. The summed E-state index contributed by atoms with van der Waals surface area (Å²) in [5.74, 6) is -0.935. The average molecular weight is 266 g/mol. The van der Waals surface area contributed by atoms with E-state index in [-0.39, 0.29) is 16.7 Å². The van der Waals surface area contributed by atoms with Gasteiger partial charge in [-0.15, -0.1) is 0 Å². The van der Waals surface area contributed by atoms with Crippen LogP contribution in [0.2, 0.25) is 5.28 Å². The molecule has 0 aliphatic carbocycles. The van der Waals surface area contributed by atoms with Crippen molar-refractivity contribution in [2.45, 2.75) is 6.92 Å². The van der Waals surface area contributed by atoms with Crippen molar-refractivity contribution < 1.29 is 9.18 Å². The number of aromatic nitrogens is 2. The quantitative estimate of drug-likeness (QED) is 0.850. The van der Waals surface area contributed by atoms with E-state index in [4.69, 9.17) is 11.6 Å². The Balaban J connectivity index is 2.22. The smallest absolute Gasteiger partial charge is 0.259 e. The lowest BCUT2D eigenvalue weighted by atomic mass is 10.1. The first kappa shape index (κ1) is 12.4. The Bertz CT molecular complexity index is 604. The molecule has 1 heterocycles. The maximum absolute atomic E-state index is 13.6. The van der Waals surface area contributed by atoms with Gasteiger partial charge in [0.05, 0.1) is 5.56 Å². The average Bonchev–Trinajstić information content (AvgIpc) is 2.28. The van der Waals surface area contributed by atoms with Crippen molar-refractivity contribution in [3.05, 3.63) is 52.7 Å². The van der Waals surface area contributed by atoms with E-state index in [2.05, 4.69) is 15.3 Å². The van der Waals surface area contributed by atoms with Crippen LogP contribution in [0.15, 0.2) is 30.5 Å². The number of anilines is 1. The third-order valence-electron chi connectivity index (χ3n) is 2.24. The highest BCUT2D eigenvalue weighted by molar-refractivity contribution is 6.28. The standard InChI is InChI=1S/C12H9ClFN3O/c1-7-2-3-8(9(14)6-7)11(18)16-10-4-5-15-12(13)17-10/h2-6H,1H3,(H,15,16,17,18). The van der Waals surface area contributed by atoms with Crippen molar-refractivity contribution in [3.63, 3.8) is 0 Å². The largest absolute Gasteiger partial charge is 0.306 e. The van der Waals surface area contributed by atoms with Crippen molar-refractivity contribution in [1.29, 1.82) is 0 Å². The SMILES string of the molecule is Cc1ccc(C(=O)Nc2ccnc(Cl)n2)c(F)c1.